The van der Waals surface area contributed by atoms with Gasteiger partial charge in [-0.3, -0.25) is 9.97 Å². The Kier molecular flexibility index (Phi) is 2.73. The molecule has 0 radical (unpaired) electrons. The van der Waals surface area contributed by atoms with Crippen molar-refractivity contribution < 1.29 is 5.11 Å². The summed E-state index contributed by atoms with van der Waals surface area (Å²) in [5, 5.41) is 9.87. The summed E-state index contributed by atoms with van der Waals surface area (Å²) in [4.78, 5) is 7.87. The first-order chi connectivity index (χ1) is 5.73. The smallest absolute Gasteiger partial charge is 0.120 e. The number of hydrogen-bond acceptors (Lipinski definition) is 4. The summed E-state index contributed by atoms with van der Waals surface area (Å²) in [6.45, 7) is 2.03. The average molecular weight is 167 g/mol. The molecule has 3 N–H and O–H groups in total. The maximum Gasteiger partial charge on any atom is 0.120 e. The molecular formula is C8H13N3O. The molecule has 66 valence electrons. The quantitative estimate of drug-likeness (QED) is 0.666. The molecular weight excluding hydrogens is 154 g/mol. The molecule has 4 nitrogen and oxygen atoms in total. The second-order valence-corrected chi connectivity index (χ2v) is 2.68. The van der Waals surface area contributed by atoms with Crippen molar-refractivity contribution in [3.63, 3.8) is 0 Å². The predicted octanol–water partition coefficient (Wildman–Crippen LogP) is 0.0329. The van der Waals surface area contributed by atoms with E-state index in [1.54, 1.807) is 12.4 Å². The molecule has 0 saturated heterocycles. The number of aromatic nitrogens is 2. The third-order valence-corrected chi connectivity index (χ3v) is 1.96. The van der Waals surface area contributed by atoms with Gasteiger partial charge in [-0.1, -0.05) is 6.92 Å². The standard InChI is InChI=1S/C8H13N3O/c1-2-8(12,6-9)7-5-10-3-4-11-7/h3-5,12H,2,6,9H2,1H3. The van der Waals surface area contributed by atoms with Crippen LogP contribution in [0.4, 0.5) is 0 Å². The molecule has 1 rings (SSSR count). The molecule has 0 aliphatic heterocycles. The number of nitrogens with zero attached hydrogens (tertiary/aromatic N) is 2. The van der Waals surface area contributed by atoms with Gasteiger partial charge in [0.2, 0.25) is 0 Å². The Labute approximate surface area is 71.5 Å². The maximum absolute atomic E-state index is 9.87. The minimum absolute atomic E-state index is 0.169. The lowest BCUT2D eigenvalue weighted by Crippen LogP contribution is -2.35. The third kappa shape index (κ3) is 1.60. The Morgan fingerprint density at radius 1 is 1.58 bits per heavy atom. The SMILES string of the molecule is CCC(O)(CN)c1cnccn1. The van der Waals surface area contributed by atoms with Crippen molar-refractivity contribution in [1.29, 1.82) is 0 Å². The van der Waals surface area contributed by atoms with Gasteiger partial charge in [-0.05, 0) is 6.42 Å². The van der Waals surface area contributed by atoms with Crippen LogP contribution >= 0.6 is 0 Å². The van der Waals surface area contributed by atoms with Crippen molar-refractivity contribution >= 4 is 0 Å². The third-order valence-electron chi connectivity index (χ3n) is 1.96. The first-order valence-corrected chi connectivity index (χ1v) is 3.92. The van der Waals surface area contributed by atoms with Crippen molar-refractivity contribution in [2.75, 3.05) is 6.54 Å². The fourth-order valence-electron chi connectivity index (χ4n) is 0.969. The number of hydrogen-bond donors (Lipinski definition) is 2. The summed E-state index contributed by atoms with van der Waals surface area (Å²) in [5.74, 6) is 0. The molecule has 4 heteroatoms. The topological polar surface area (TPSA) is 72.0 Å². The van der Waals surface area contributed by atoms with Gasteiger partial charge in [0.15, 0.2) is 0 Å². The van der Waals surface area contributed by atoms with Crippen molar-refractivity contribution in [3.05, 3.63) is 24.3 Å². The summed E-state index contributed by atoms with van der Waals surface area (Å²) in [6.07, 6.45) is 5.19. The van der Waals surface area contributed by atoms with E-state index in [1.165, 1.54) is 6.20 Å². The normalized spacial score (nSPS) is 15.6. The molecule has 0 amide bonds. The summed E-state index contributed by atoms with van der Waals surface area (Å²) in [7, 11) is 0. The van der Waals surface area contributed by atoms with E-state index in [-0.39, 0.29) is 6.54 Å². The molecule has 0 aromatic carbocycles. The maximum atomic E-state index is 9.87. The molecule has 1 heterocycles. The molecule has 0 spiro atoms. The first-order valence-electron chi connectivity index (χ1n) is 3.92. The van der Waals surface area contributed by atoms with Gasteiger partial charge in [0.25, 0.3) is 0 Å². The van der Waals surface area contributed by atoms with Gasteiger partial charge in [0, 0.05) is 18.9 Å². The summed E-state index contributed by atoms with van der Waals surface area (Å²) in [6, 6.07) is 0. The zero-order chi connectivity index (χ0) is 9.03. The van der Waals surface area contributed by atoms with Crippen LogP contribution in [0.3, 0.4) is 0 Å². The molecule has 0 aliphatic carbocycles. The predicted molar refractivity (Wildman–Crippen MR) is 45.3 cm³/mol. The van der Waals surface area contributed by atoms with Crippen molar-refractivity contribution in [2.24, 2.45) is 5.73 Å². The zero-order valence-corrected chi connectivity index (χ0v) is 7.07. The Morgan fingerprint density at radius 2 is 2.33 bits per heavy atom. The lowest BCUT2D eigenvalue weighted by molar-refractivity contribution is 0.0370. The van der Waals surface area contributed by atoms with E-state index in [2.05, 4.69) is 9.97 Å². The van der Waals surface area contributed by atoms with E-state index in [0.29, 0.717) is 12.1 Å². The van der Waals surface area contributed by atoms with Crippen LogP contribution in [0.2, 0.25) is 0 Å². The van der Waals surface area contributed by atoms with E-state index in [9.17, 15) is 5.11 Å². The zero-order valence-electron chi connectivity index (χ0n) is 7.07. The van der Waals surface area contributed by atoms with Gasteiger partial charge in [-0.15, -0.1) is 0 Å². The number of rotatable bonds is 3. The van der Waals surface area contributed by atoms with Crippen molar-refractivity contribution in [2.45, 2.75) is 18.9 Å². The van der Waals surface area contributed by atoms with Crippen molar-refractivity contribution in [1.82, 2.24) is 9.97 Å². The molecule has 1 atom stereocenters. The fourth-order valence-corrected chi connectivity index (χ4v) is 0.969. The molecule has 1 aromatic heterocycles. The lowest BCUT2D eigenvalue weighted by atomic mass is 9.97. The minimum atomic E-state index is -1.02. The number of aliphatic hydroxyl groups is 1. The monoisotopic (exact) mass is 167 g/mol. The van der Waals surface area contributed by atoms with Crippen LogP contribution in [-0.4, -0.2) is 21.6 Å². The van der Waals surface area contributed by atoms with Crippen LogP contribution < -0.4 is 5.73 Å². The van der Waals surface area contributed by atoms with E-state index >= 15 is 0 Å². The van der Waals surface area contributed by atoms with Crippen molar-refractivity contribution in [3.8, 4) is 0 Å². The highest BCUT2D eigenvalue weighted by atomic mass is 16.3. The molecule has 0 bridgehead atoms. The van der Waals surface area contributed by atoms with Crippen LogP contribution in [0, 0.1) is 0 Å². The lowest BCUT2D eigenvalue weighted by Gasteiger charge is -2.23. The van der Waals surface area contributed by atoms with Gasteiger partial charge in [0.05, 0.1) is 11.9 Å². The molecule has 1 unspecified atom stereocenters. The first kappa shape index (κ1) is 9.09. The van der Waals surface area contributed by atoms with Crippen LogP contribution in [-0.2, 0) is 5.60 Å². The van der Waals surface area contributed by atoms with Crippen LogP contribution in [0.15, 0.2) is 18.6 Å². The van der Waals surface area contributed by atoms with E-state index < -0.39 is 5.60 Å². The van der Waals surface area contributed by atoms with Gasteiger partial charge >= 0.3 is 0 Å². The highest BCUT2D eigenvalue weighted by molar-refractivity contribution is 5.07. The second-order valence-electron chi connectivity index (χ2n) is 2.68. The highest BCUT2D eigenvalue weighted by Crippen LogP contribution is 2.19. The van der Waals surface area contributed by atoms with E-state index in [0.717, 1.165) is 0 Å². The van der Waals surface area contributed by atoms with Crippen LogP contribution in [0.25, 0.3) is 0 Å². The number of nitrogens with two attached hydrogens (primary N) is 1. The van der Waals surface area contributed by atoms with Gasteiger partial charge in [0.1, 0.15) is 5.60 Å². The molecule has 0 fully saturated rings. The second kappa shape index (κ2) is 3.60. The van der Waals surface area contributed by atoms with Gasteiger partial charge < -0.3 is 10.8 Å². The summed E-state index contributed by atoms with van der Waals surface area (Å²) >= 11 is 0. The Hall–Kier alpha value is -1.00. The summed E-state index contributed by atoms with van der Waals surface area (Å²) < 4.78 is 0. The minimum Gasteiger partial charge on any atom is -0.382 e. The largest absolute Gasteiger partial charge is 0.382 e. The Bertz CT molecular complexity index is 233. The van der Waals surface area contributed by atoms with Crippen LogP contribution in [0.1, 0.15) is 19.0 Å². The van der Waals surface area contributed by atoms with E-state index in [4.69, 9.17) is 5.73 Å². The average Bonchev–Trinajstić information content (AvgIpc) is 2.18. The van der Waals surface area contributed by atoms with Gasteiger partial charge in [-0.2, -0.15) is 0 Å². The van der Waals surface area contributed by atoms with E-state index in [1.807, 2.05) is 6.92 Å². The molecule has 12 heavy (non-hydrogen) atoms. The Morgan fingerprint density at radius 3 is 2.75 bits per heavy atom. The molecule has 0 aliphatic rings. The van der Waals surface area contributed by atoms with Crippen LogP contribution in [0.5, 0.6) is 0 Å². The Balaban J connectivity index is 2.95. The highest BCUT2D eigenvalue weighted by Gasteiger charge is 2.26. The van der Waals surface area contributed by atoms with Gasteiger partial charge in [-0.25, -0.2) is 0 Å². The molecule has 0 saturated carbocycles. The fraction of sp³-hybridized carbons (Fsp3) is 0.500. The summed E-state index contributed by atoms with van der Waals surface area (Å²) in [5.41, 5.74) is 4.95. The molecule has 1 aromatic rings.